The molecule has 0 radical (unpaired) electrons. The van der Waals surface area contributed by atoms with Crippen LogP contribution in [0.15, 0.2) is 78.9 Å². The van der Waals surface area contributed by atoms with Gasteiger partial charge in [-0.1, -0.05) is 74.5 Å². The van der Waals surface area contributed by atoms with Gasteiger partial charge in [0, 0.05) is 22.6 Å². The summed E-state index contributed by atoms with van der Waals surface area (Å²) in [5.74, 6) is 2.65. The predicted octanol–water partition coefficient (Wildman–Crippen LogP) is 6.30. The van der Waals surface area contributed by atoms with Crippen LogP contribution in [0.1, 0.15) is 49.9 Å². The van der Waals surface area contributed by atoms with E-state index in [4.69, 9.17) is 15.0 Å². The normalized spacial score (nSPS) is 12.9. The number of rotatable bonds is 7. The molecule has 32 heavy (non-hydrogen) atoms. The van der Waals surface area contributed by atoms with Gasteiger partial charge >= 0.3 is 0 Å². The lowest BCUT2D eigenvalue weighted by molar-refractivity contribution is 0.444. The molecule has 0 bridgehead atoms. The van der Waals surface area contributed by atoms with Crippen LogP contribution in [0.2, 0.25) is 0 Å². The Morgan fingerprint density at radius 1 is 0.656 bits per heavy atom. The minimum atomic E-state index is 0.0913. The van der Waals surface area contributed by atoms with E-state index in [-0.39, 0.29) is 23.3 Å². The molecule has 5 heteroatoms. The second kappa shape index (κ2) is 9.60. The molecule has 4 rings (SSSR count). The average Bonchev–Trinajstić information content (AvgIpc) is 2.84. The molecule has 5 nitrogen and oxygen atoms in total. The van der Waals surface area contributed by atoms with Crippen LogP contribution in [0.4, 0.5) is 0 Å². The highest BCUT2D eigenvalue weighted by Gasteiger charge is 2.18. The summed E-state index contributed by atoms with van der Waals surface area (Å²) in [5, 5.41) is 19.9. The van der Waals surface area contributed by atoms with E-state index in [2.05, 4.69) is 13.8 Å². The summed E-state index contributed by atoms with van der Waals surface area (Å²) in [7, 11) is 0. The number of phenolic OH excluding ortho intramolecular Hbond substituents is 2. The van der Waals surface area contributed by atoms with Gasteiger partial charge in [0.2, 0.25) is 0 Å². The molecule has 0 aliphatic rings. The maximum Gasteiger partial charge on any atom is 0.163 e. The molecule has 0 aliphatic carbocycles. The lowest BCUT2D eigenvalue weighted by Crippen LogP contribution is -2.07. The number of hydrogen-bond acceptors (Lipinski definition) is 5. The minimum absolute atomic E-state index is 0.0913. The summed E-state index contributed by atoms with van der Waals surface area (Å²) in [6.45, 7) is 4.17. The number of hydrogen-bond donors (Lipinski definition) is 2. The summed E-state index contributed by atoms with van der Waals surface area (Å²) in [5.41, 5.74) is 2.67. The van der Waals surface area contributed by atoms with Crippen molar-refractivity contribution in [3.8, 4) is 34.3 Å². The van der Waals surface area contributed by atoms with Gasteiger partial charge in [0.05, 0.1) is 0 Å². The molecule has 0 spiro atoms. The van der Waals surface area contributed by atoms with Gasteiger partial charge in [-0.3, -0.25) is 0 Å². The van der Waals surface area contributed by atoms with Crippen molar-refractivity contribution in [2.24, 2.45) is 0 Å². The highest BCUT2D eigenvalue weighted by Crippen LogP contribution is 2.34. The first-order valence-electron chi connectivity index (χ1n) is 10.9. The number of aromatic hydroxyl groups is 2. The van der Waals surface area contributed by atoms with Crippen molar-refractivity contribution in [1.82, 2.24) is 15.0 Å². The summed E-state index contributed by atoms with van der Waals surface area (Å²) in [6, 6.07) is 24.6. The smallest absolute Gasteiger partial charge is 0.163 e. The fourth-order valence-corrected chi connectivity index (χ4v) is 3.77. The lowest BCUT2D eigenvalue weighted by atomic mass is 9.91. The molecule has 0 aliphatic heterocycles. The zero-order valence-corrected chi connectivity index (χ0v) is 18.3. The minimum Gasteiger partial charge on any atom is -0.508 e. The number of phenols is 2. The topological polar surface area (TPSA) is 79.1 Å². The second-order valence-electron chi connectivity index (χ2n) is 8.20. The van der Waals surface area contributed by atoms with E-state index >= 15 is 0 Å². The lowest BCUT2D eigenvalue weighted by Gasteiger charge is -2.17. The summed E-state index contributed by atoms with van der Waals surface area (Å²) in [6.07, 6.45) is 1.66. The molecule has 2 N–H and O–H groups in total. The Labute approximate surface area is 188 Å². The van der Waals surface area contributed by atoms with Gasteiger partial charge in [-0.15, -0.1) is 0 Å². The van der Waals surface area contributed by atoms with Gasteiger partial charge in [-0.25, -0.2) is 15.0 Å². The Balaban J connectivity index is 1.61. The average molecular weight is 426 g/mol. The van der Waals surface area contributed by atoms with Gasteiger partial charge < -0.3 is 10.2 Å². The largest absolute Gasteiger partial charge is 0.508 e. The molecule has 3 aromatic carbocycles. The third-order valence-electron chi connectivity index (χ3n) is 5.73. The molecule has 1 aromatic heterocycles. The molecule has 0 saturated heterocycles. The Bertz CT molecular complexity index is 1120. The molecule has 4 aromatic rings. The van der Waals surface area contributed by atoms with Crippen molar-refractivity contribution < 1.29 is 10.2 Å². The van der Waals surface area contributed by atoms with E-state index in [0.717, 1.165) is 35.4 Å². The molecule has 0 saturated carbocycles. The number of nitrogens with zero attached hydrogens (tertiary/aromatic N) is 3. The fraction of sp³-hybridized carbons (Fsp3) is 0.222. The predicted molar refractivity (Wildman–Crippen MR) is 127 cm³/mol. The Morgan fingerprint density at radius 2 is 1.19 bits per heavy atom. The summed E-state index contributed by atoms with van der Waals surface area (Å²) >= 11 is 0. The summed E-state index contributed by atoms with van der Waals surface area (Å²) in [4.78, 5) is 14.3. The molecule has 0 fully saturated rings. The van der Waals surface area contributed by atoms with Gasteiger partial charge in [0.1, 0.15) is 17.3 Å². The first-order valence-corrected chi connectivity index (χ1v) is 10.9. The second-order valence-corrected chi connectivity index (χ2v) is 8.20. The zero-order chi connectivity index (χ0) is 22.5. The van der Waals surface area contributed by atoms with E-state index < -0.39 is 0 Å². The van der Waals surface area contributed by atoms with E-state index in [9.17, 15) is 10.2 Å². The zero-order valence-electron chi connectivity index (χ0n) is 18.3. The molecular formula is C27H27N3O2. The van der Waals surface area contributed by atoms with E-state index in [1.54, 1.807) is 6.07 Å². The Kier molecular flexibility index (Phi) is 6.45. The SMILES string of the molecule is CC(CCC(C)c1cc(O)ccc1O)c1nc(-c2ccccc2)nc(-c2ccccc2)n1. The molecule has 1 heterocycles. The van der Waals surface area contributed by atoms with E-state index in [0.29, 0.717) is 11.6 Å². The van der Waals surface area contributed by atoms with Crippen molar-refractivity contribution in [3.63, 3.8) is 0 Å². The fourth-order valence-electron chi connectivity index (χ4n) is 3.77. The Morgan fingerprint density at radius 3 is 1.75 bits per heavy atom. The van der Waals surface area contributed by atoms with Crippen LogP contribution < -0.4 is 0 Å². The molecule has 2 atom stereocenters. The van der Waals surface area contributed by atoms with Crippen molar-refractivity contribution in [2.75, 3.05) is 0 Å². The highest BCUT2D eigenvalue weighted by atomic mass is 16.3. The third-order valence-corrected chi connectivity index (χ3v) is 5.73. The first kappa shape index (κ1) is 21.5. The summed E-state index contributed by atoms with van der Waals surface area (Å²) < 4.78 is 0. The Hall–Kier alpha value is -3.73. The quantitative estimate of drug-likeness (QED) is 0.340. The van der Waals surface area contributed by atoms with E-state index in [1.165, 1.54) is 12.1 Å². The number of aromatic nitrogens is 3. The van der Waals surface area contributed by atoms with Crippen LogP contribution in [0.3, 0.4) is 0 Å². The van der Waals surface area contributed by atoms with Gasteiger partial charge in [-0.05, 0) is 37.0 Å². The van der Waals surface area contributed by atoms with Crippen LogP contribution in [0.25, 0.3) is 22.8 Å². The van der Waals surface area contributed by atoms with Gasteiger partial charge in [0.15, 0.2) is 11.6 Å². The molecule has 162 valence electrons. The standard InChI is InChI=1S/C27H27N3O2/c1-18(23-17-22(31)15-16-24(23)32)13-14-19(2)25-28-26(20-9-5-3-6-10-20)30-27(29-25)21-11-7-4-8-12-21/h3-12,15-19,31-32H,13-14H2,1-2H3. The molecular weight excluding hydrogens is 398 g/mol. The first-order chi connectivity index (χ1) is 15.5. The van der Waals surface area contributed by atoms with Crippen molar-refractivity contribution >= 4 is 0 Å². The van der Waals surface area contributed by atoms with Crippen molar-refractivity contribution in [2.45, 2.75) is 38.5 Å². The van der Waals surface area contributed by atoms with Crippen LogP contribution in [0, 0.1) is 0 Å². The maximum atomic E-state index is 10.2. The van der Waals surface area contributed by atoms with E-state index in [1.807, 2.05) is 60.7 Å². The van der Waals surface area contributed by atoms with Crippen LogP contribution in [-0.2, 0) is 0 Å². The van der Waals surface area contributed by atoms with Crippen LogP contribution in [-0.4, -0.2) is 25.2 Å². The highest BCUT2D eigenvalue weighted by molar-refractivity contribution is 5.60. The molecule has 2 unspecified atom stereocenters. The van der Waals surface area contributed by atoms with Crippen LogP contribution in [0.5, 0.6) is 11.5 Å². The number of benzene rings is 3. The molecule has 0 amide bonds. The monoisotopic (exact) mass is 425 g/mol. The van der Waals surface area contributed by atoms with Crippen molar-refractivity contribution in [3.05, 3.63) is 90.3 Å². The van der Waals surface area contributed by atoms with Gasteiger partial charge in [0.25, 0.3) is 0 Å². The van der Waals surface area contributed by atoms with Crippen molar-refractivity contribution in [1.29, 1.82) is 0 Å². The van der Waals surface area contributed by atoms with Gasteiger partial charge in [-0.2, -0.15) is 0 Å². The van der Waals surface area contributed by atoms with Crippen LogP contribution >= 0.6 is 0 Å². The third kappa shape index (κ3) is 4.94. The maximum absolute atomic E-state index is 10.2.